The van der Waals surface area contributed by atoms with Crippen molar-refractivity contribution in [3.8, 4) is 0 Å². The first-order valence-corrected chi connectivity index (χ1v) is 17.8. The largest absolute Gasteiger partial charge is 0.461 e. The lowest BCUT2D eigenvalue weighted by atomic mass is 10.0. The number of nitrogens with two attached hydrogens (primary N) is 1. The number of nitrogens with one attached hydrogen (secondary N) is 5. The Morgan fingerprint density at radius 1 is 0.706 bits per heavy atom. The fourth-order valence-electron chi connectivity index (χ4n) is 4.57. The zero-order valence-electron chi connectivity index (χ0n) is 31.1. The highest BCUT2D eigenvalue weighted by Gasteiger charge is 2.29. The molecule has 0 saturated carbocycles. The molecule has 6 amide bonds. The smallest absolute Gasteiger partial charge is 0.312 e. The van der Waals surface area contributed by atoms with Crippen LogP contribution in [0, 0.1) is 17.8 Å². The van der Waals surface area contributed by atoms with Crippen LogP contribution in [0.5, 0.6) is 0 Å². The molecule has 15 heteroatoms. The molecule has 0 radical (unpaired) electrons. The van der Waals surface area contributed by atoms with E-state index in [1.165, 1.54) is 0 Å². The van der Waals surface area contributed by atoms with Crippen LogP contribution in [0.25, 0.3) is 0 Å². The zero-order chi connectivity index (χ0) is 38.2. The summed E-state index contributed by atoms with van der Waals surface area (Å²) in [5, 5.41) is 13.5. The fraction of sp³-hybridized carbons (Fsp3) is 0.667. The molecule has 0 spiro atoms. The quantitative estimate of drug-likeness (QED) is 0.0612. The SMILES string of the molecule is CC(C)CCCC(=O)NCCOCCOCCC(=O)N[C@H](C(=O)N[C@@H](CCCNC(N)=O)C(=O)Nc1ccc(COC(=O)C(C)C)cc1)C(C)C. The zero-order valence-corrected chi connectivity index (χ0v) is 31.1. The van der Waals surface area contributed by atoms with Crippen LogP contribution in [-0.2, 0) is 44.8 Å². The van der Waals surface area contributed by atoms with E-state index in [0.29, 0.717) is 44.2 Å². The van der Waals surface area contributed by atoms with Gasteiger partial charge in [-0.3, -0.25) is 24.0 Å². The maximum absolute atomic E-state index is 13.4. The van der Waals surface area contributed by atoms with E-state index in [1.54, 1.807) is 52.0 Å². The Morgan fingerprint density at radius 2 is 1.37 bits per heavy atom. The van der Waals surface area contributed by atoms with Gasteiger partial charge in [-0.2, -0.15) is 0 Å². The number of amides is 6. The number of hydrogen-bond donors (Lipinski definition) is 6. The first-order valence-electron chi connectivity index (χ1n) is 17.8. The van der Waals surface area contributed by atoms with E-state index in [4.69, 9.17) is 19.9 Å². The van der Waals surface area contributed by atoms with Gasteiger partial charge in [0.15, 0.2) is 0 Å². The molecule has 1 rings (SSSR count). The molecule has 0 fully saturated rings. The Kier molecular flexibility index (Phi) is 22.5. The second-order valence-corrected chi connectivity index (χ2v) is 13.3. The highest BCUT2D eigenvalue weighted by atomic mass is 16.5. The monoisotopic (exact) mass is 720 g/mol. The Labute approximate surface area is 302 Å². The second kappa shape index (κ2) is 25.7. The lowest BCUT2D eigenvalue weighted by molar-refractivity contribution is -0.148. The van der Waals surface area contributed by atoms with E-state index in [-0.39, 0.29) is 62.9 Å². The minimum absolute atomic E-state index is 0.0111. The summed E-state index contributed by atoms with van der Waals surface area (Å²) in [7, 11) is 0. The number of ether oxygens (including phenoxy) is 3. The number of primary amides is 1. The minimum Gasteiger partial charge on any atom is -0.461 e. The lowest BCUT2D eigenvalue weighted by Crippen LogP contribution is -2.54. The summed E-state index contributed by atoms with van der Waals surface area (Å²) in [4.78, 5) is 74.0. The Morgan fingerprint density at radius 3 is 1.98 bits per heavy atom. The van der Waals surface area contributed by atoms with Crippen molar-refractivity contribution in [3.05, 3.63) is 29.8 Å². The van der Waals surface area contributed by atoms with Crippen molar-refractivity contribution in [1.82, 2.24) is 21.3 Å². The van der Waals surface area contributed by atoms with Crippen molar-refractivity contribution in [1.29, 1.82) is 0 Å². The van der Waals surface area contributed by atoms with Gasteiger partial charge >= 0.3 is 12.0 Å². The Bertz CT molecular complexity index is 1220. The van der Waals surface area contributed by atoms with Gasteiger partial charge in [-0.15, -0.1) is 0 Å². The molecule has 0 saturated heterocycles. The van der Waals surface area contributed by atoms with Crippen LogP contribution in [0.1, 0.15) is 85.6 Å². The molecular weight excluding hydrogens is 660 g/mol. The number of esters is 1. The van der Waals surface area contributed by atoms with Crippen LogP contribution < -0.4 is 32.3 Å². The molecule has 0 bridgehead atoms. The maximum Gasteiger partial charge on any atom is 0.312 e. The van der Waals surface area contributed by atoms with Gasteiger partial charge in [0.05, 0.1) is 32.3 Å². The van der Waals surface area contributed by atoms with E-state index in [1.807, 2.05) is 0 Å². The standard InChI is InChI=1S/C36H60N6O9/c1-24(2)9-7-11-30(43)38-18-20-50-22-21-49-19-16-31(44)42-32(25(3)4)34(46)41-29(10-8-17-39-36(37)48)33(45)40-28-14-12-27(13-15-28)23-51-35(47)26(5)6/h12-15,24-26,29,32H,7-11,16-23H2,1-6H3,(H,38,43)(H,40,45)(H,41,46)(H,42,44)(H3,37,39,48)/t29-,32-/m0/s1. The molecule has 2 atom stereocenters. The summed E-state index contributed by atoms with van der Waals surface area (Å²) in [6.45, 7) is 13.0. The summed E-state index contributed by atoms with van der Waals surface area (Å²) in [6.07, 6.45) is 2.92. The Balaban J connectivity index is 2.58. The molecule has 1 aromatic carbocycles. The van der Waals surface area contributed by atoms with Gasteiger partial charge in [-0.25, -0.2) is 4.79 Å². The second-order valence-electron chi connectivity index (χ2n) is 13.3. The molecule has 51 heavy (non-hydrogen) atoms. The van der Waals surface area contributed by atoms with E-state index < -0.39 is 35.8 Å². The molecule has 0 heterocycles. The summed E-state index contributed by atoms with van der Waals surface area (Å²) >= 11 is 0. The van der Waals surface area contributed by atoms with Gasteiger partial charge in [0.2, 0.25) is 23.6 Å². The van der Waals surface area contributed by atoms with Gasteiger partial charge in [0.1, 0.15) is 18.7 Å². The van der Waals surface area contributed by atoms with Gasteiger partial charge in [0, 0.05) is 31.6 Å². The number of carbonyl (C=O) groups is 6. The first-order chi connectivity index (χ1) is 24.2. The summed E-state index contributed by atoms with van der Waals surface area (Å²) < 4.78 is 16.2. The van der Waals surface area contributed by atoms with Gasteiger partial charge in [-0.1, -0.05) is 60.1 Å². The van der Waals surface area contributed by atoms with Gasteiger partial charge in [0.25, 0.3) is 0 Å². The van der Waals surface area contributed by atoms with E-state index in [9.17, 15) is 28.8 Å². The van der Waals surface area contributed by atoms with Crippen LogP contribution in [0.4, 0.5) is 10.5 Å². The number of anilines is 1. The molecule has 0 unspecified atom stereocenters. The van der Waals surface area contributed by atoms with E-state index >= 15 is 0 Å². The van der Waals surface area contributed by atoms with Crippen molar-refractivity contribution in [2.45, 2.75) is 98.8 Å². The molecule has 0 aliphatic heterocycles. The average Bonchev–Trinajstić information content (AvgIpc) is 3.06. The van der Waals surface area contributed by atoms with Crippen LogP contribution in [0.15, 0.2) is 24.3 Å². The number of rotatable bonds is 26. The van der Waals surface area contributed by atoms with Crippen molar-refractivity contribution in [2.24, 2.45) is 23.5 Å². The van der Waals surface area contributed by atoms with E-state index in [2.05, 4.69) is 40.4 Å². The minimum atomic E-state index is -0.987. The molecule has 15 nitrogen and oxygen atoms in total. The van der Waals surface area contributed by atoms with Crippen LogP contribution in [-0.4, -0.2) is 87.2 Å². The van der Waals surface area contributed by atoms with Crippen molar-refractivity contribution >= 4 is 41.3 Å². The van der Waals surface area contributed by atoms with Crippen molar-refractivity contribution in [2.75, 3.05) is 44.8 Å². The van der Waals surface area contributed by atoms with Gasteiger partial charge < -0.3 is 46.5 Å². The maximum atomic E-state index is 13.4. The van der Waals surface area contributed by atoms with E-state index in [0.717, 1.165) is 18.4 Å². The molecule has 1 aromatic rings. The summed E-state index contributed by atoms with van der Waals surface area (Å²) in [5.41, 5.74) is 6.35. The highest BCUT2D eigenvalue weighted by molar-refractivity contribution is 5.98. The third kappa shape index (κ3) is 21.6. The van der Waals surface area contributed by atoms with Crippen LogP contribution >= 0.6 is 0 Å². The summed E-state index contributed by atoms with van der Waals surface area (Å²) in [6, 6.07) is 4.13. The lowest BCUT2D eigenvalue weighted by Gasteiger charge is -2.25. The highest BCUT2D eigenvalue weighted by Crippen LogP contribution is 2.13. The predicted molar refractivity (Wildman–Crippen MR) is 193 cm³/mol. The molecule has 0 aliphatic carbocycles. The summed E-state index contributed by atoms with van der Waals surface area (Å²) in [5.74, 6) is -1.69. The normalized spacial score (nSPS) is 12.3. The van der Waals surface area contributed by atoms with Crippen LogP contribution in [0.3, 0.4) is 0 Å². The number of carbonyl (C=O) groups excluding carboxylic acids is 6. The predicted octanol–water partition coefficient (Wildman–Crippen LogP) is 2.76. The third-order valence-electron chi connectivity index (χ3n) is 7.54. The topological polar surface area (TPSA) is 216 Å². The van der Waals surface area contributed by atoms with Crippen molar-refractivity contribution < 1.29 is 43.0 Å². The Hall–Kier alpha value is -4.24. The molecule has 7 N–H and O–H groups in total. The molecule has 288 valence electrons. The van der Waals surface area contributed by atoms with Crippen molar-refractivity contribution in [3.63, 3.8) is 0 Å². The van der Waals surface area contributed by atoms with Gasteiger partial charge in [-0.05, 0) is 48.8 Å². The fourth-order valence-corrected chi connectivity index (χ4v) is 4.57. The third-order valence-corrected chi connectivity index (χ3v) is 7.54. The molecular formula is C36H60N6O9. The molecule has 0 aromatic heterocycles. The average molecular weight is 721 g/mol. The first kappa shape index (κ1) is 44.8. The number of benzene rings is 1. The molecule has 0 aliphatic rings. The number of urea groups is 1. The van der Waals surface area contributed by atoms with Crippen LogP contribution in [0.2, 0.25) is 0 Å². The number of hydrogen-bond acceptors (Lipinski definition) is 9.